The normalized spacial score (nSPS) is 12.4. The molecule has 0 amide bonds. The summed E-state index contributed by atoms with van der Waals surface area (Å²) in [6, 6.07) is -1.05. The van der Waals surface area contributed by atoms with E-state index in [4.69, 9.17) is 21.8 Å². The minimum absolute atomic E-state index is 0.253. The van der Waals surface area contributed by atoms with Crippen LogP contribution in [-0.2, 0) is 9.59 Å². The molecule has 0 radical (unpaired) electrons. The van der Waals surface area contributed by atoms with Crippen LogP contribution in [0.15, 0.2) is 0 Å². The average Bonchev–Trinajstić information content (AvgIpc) is 1.96. The molecule has 0 rings (SSSR count). The van der Waals surface area contributed by atoms with E-state index in [9.17, 15) is 9.59 Å². The fraction of sp³-hybridized carbons (Fsp3) is 0.667. The third-order valence-corrected chi connectivity index (χ3v) is 1.35. The molecular weight excluding hydrogens is 186 g/mol. The maximum atomic E-state index is 10.4. The van der Waals surface area contributed by atoms with Crippen molar-refractivity contribution in [2.24, 2.45) is 0 Å². The van der Waals surface area contributed by atoms with Gasteiger partial charge in [-0.05, 0) is 0 Å². The second-order valence-electron chi connectivity index (χ2n) is 2.13. The summed E-state index contributed by atoms with van der Waals surface area (Å²) in [5.41, 5.74) is 0. The molecule has 0 saturated heterocycles. The number of carbonyl (C=O) groups is 2. The maximum absolute atomic E-state index is 10.4. The number of carboxylic acids is 2. The lowest BCUT2D eigenvalue weighted by atomic mass is 10.2. The fourth-order valence-corrected chi connectivity index (χ4v) is 0.759. The van der Waals surface area contributed by atoms with Gasteiger partial charge in [-0.1, -0.05) is 0 Å². The van der Waals surface area contributed by atoms with Gasteiger partial charge in [0.25, 0.3) is 0 Å². The minimum atomic E-state index is -1.18. The summed E-state index contributed by atoms with van der Waals surface area (Å²) in [5.74, 6) is -2.07. The van der Waals surface area contributed by atoms with E-state index in [0.29, 0.717) is 0 Å². The summed E-state index contributed by atoms with van der Waals surface area (Å²) in [6.45, 7) is 0.284. The van der Waals surface area contributed by atoms with Gasteiger partial charge in [0.05, 0.1) is 6.42 Å². The monoisotopic (exact) mass is 195 g/mol. The van der Waals surface area contributed by atoms with Gasteiger partial charge in [0.2, 0.25) is 0 Å². The smallest absolute Gasteiger partial charge is 0.321 e. The van der Waals surface area contributed by atoms with E-state index in [0.717, 1.165) is 0 Å². The number of carboxylic acid groups (broad SMARTS) is 2. The van der Waals surface area contributed by atoms with Crippen molar-refractivity contribution in [1.29, 1.82) is 0 Å². The van der Waals surface area contributed by atoms with Crippen LogP contribution in [0.25, 0.3) is 0 Å². The van der Waals surface area contributed by atoms with Crippen LogP contribution in [0.5, 0.6) is 0 Å². The molecule has 0 spiro atoms. The molecule has 70 valence electrons. The highest BCUT2D eigenvalue weighted by molar-refractivity contribution is 6.18. The molecule has 0 fully saturated rings. The number of hydrogen-bond acceptors (Lipinski definition) is 3. The van der Waals surface area contributed by atoms with Gasteiger partial charge in [-0.3, -0.25) is 9.59 Å². The van der Waals surface area contributed by atoms with Crippen LogP contribution in [0.3, 0.4) is 0 Å². The predicted octanol–water partition coefficient (Wildman–Crippen LogP) is -0.257. The van der Waals surface area contributed by atoms with Crippen LogP contribution < -0.4 is 5.32 Å². The van der Waals surface area contributed by atoms with Crippen molar-refractivity contribution in [2.45, 2.75) is 12.5 Å². The third-order valence-electron chi connectivity index (χ3n) is 1.16. The summed E-state index contributed by atoms with van der Waals surface area (Å²) >= 11 is 5.28. The SMILES string of the molecule is O=C(O)C[C@H](NCCCl)C(=O)O. The van der Waals surface area contributed by atoms with Crippen molar-refractivity contribution < 1.29 is 19.8 Å². The van der Waals surface area contributed by atoms with Crippen molar-refractivity contribution in [3.8, 4) is 0 Å². The van der Waals surface area contributed by atoms with Crippen LogP contribution in [0.4, 0.5) is 0 Å². The fourth-order valence-electron chi connectivity index (χ4n) is 0.650. The number of aliphatic carboxylic acids is 2. The van der Waals surface area contributed by atoms with E-state index < -0.39 is 24.4 Å². The molecule has 12 heavy (non-hydrogen) atoms. The topological polar surface area (TPSA) is 86.6 Å². The molecule has 0 aliphatic rings. The van der Waals surface area contributed by atoms with Crippen molar-refractivity contribution >= 4 is 23.5 Å². The molecule has 3 N–H and O–H groups in total. The number of alkyl halides is 1. The van der Waals surface area contributed by atoms with E-state index >= 15 is 0 Å². The van der Waals surface area contributed by atoms with Crippen molar-refractivity contribution in [2.75, 3.05) is 12.4 Å². The quantitative estimate of drug-likeness (QED) is 0.509. The molecule has 1 atom stereocenters. The Morgan fingerprint density at radius 2 is 2.00 bits per heavy atom. The molecule has 0 bridgehead atoms. The first kappa shape index (κ1) is 11.2. The zero-order valence-corrected chi connectivity index (χ0v) is 7.04. The van der Waals surface area contributed by atoms with Crippen molar-refractivity contribution in [3.05, 3.63) is 0 Å². The summed E-state index contributed by atoms with van der Waals surface area (Å²) in [5, 5.41) is 19.3. The second kappa shape index (κ2) is 5.79. The number of nitrogens with one attached hydrogen (secondary N) is 1. The van der Waals surface area contributed by atoms with Crippen LogP contribution in [-0.4, -0.2) is 40.6 Å². The molecule has 0 aromatic rings. The highest BCUT2D eigenvalue weighted by Crippen LogP contribution is 1.92. The highest BCUT2D eigenvalue weighted by Gasteiger charge is 2.19. The average molecular weight is 196 g/mol. The van der Waals surface area contributed by atoms with Gasteiger partial charge in [0.1, 0.15) is 6.04 Å². The third kappa shape index (κ3) is 4.92. The molecule has 0 aromatic carbocycles. The minimum Gasteiger partial charge on any atom is -0.481 e. The molecule has 0 aromatic heterocycles. The maximum Gasteiger partial charge on any atom is 0.321 e. The van der Waals surface area contributed by atoms with E-state index in [1.807, 2.05) is 0 Å². The molecule has 0 aliphatic heterocycles. The zero-order chi connectivity index (χ0) is 9.56. The molecule has 0 saturated carbocycles. The van der Waals surface area contributed by atoms with Gasteiger partial charge in [-0.2, -0.15) is 0 Å². The molecular formula is C6H10ClNO4. The Labute approximate surface area is 74.3 Å². The summed E-state index contributed by atoms with van der Waals surface area (Å²) in [7, 11) is 0. The Hall–Kier alpha value is -0.810. The van der Waals surface area contributed by atoms with Gasteiger partial charge >= 0.3 is 11.9 Å². The van der Waals surface area contributed by atoms with Gasteiger partial charge in [-0.15, -0.1) is 11.6 Å². The Bertz CT molecular complexity index is 173. The largest absolute Gasteiger partial charge is 0.481 e. The number of halogens is 1. The van der Waals surface area contributed by atoms with E-state index in [1.54, 1.807) is 0 Å². The first-order valence-electron chi connectivity index (χ1n) is 3.32. The van der Waals surface area contributed by atoms with E-state index in [-0.39, 0.29) is 12.4 Å². The standard InChI is InChI=1S/C6H10ClNO4/c7-1-2-8-4(6(11)12)3-5(9)10/h4,8H,1-3H2,(H,9,10)(H,11,12)/t4-/m0/s1. The van der Waals surface area contributed by atoms with E-state index in [1.165, 1.54) is 0 Å². The van der Waals surface area contributed by atoms with E-state index in [2.05, 4.69) is 5.32 Å². The summed E-state index contributed by atoms with van der Waals surface area (Å²) in [4.78, 5) is 20.5. The zero-order valence-electron chi connectivity index (χ0n) is 6.29. The number of hydrogen-bond donors (Lipinski definition) is 3. The molecule has 5 nitrogen and oxygen atoms in total. The van der Waals surface area contributed by atoms with Crippen LogP contribution in [0.2, 0.25) is 0 Å². The van der Waals surface area contributed by atoms with Crippen molar-refractivity contribution in [1.82, 2.24) is 5.32 Å². The second-order valence-corrected chi connectivity index (χ2v) is 2.51. The molecule has 6 heteroatoms. The van der Waals surface area contributed by atoms with Crippen LogP contribution in [0.1, 0.15) is 6.42 Å². The highest BCUT2D eigenvalue weighted by atomic mass is 35.5. The molecule has 0 heterocycles. The number of rotatable bonds is 6. The van der Waals surface area contributed by atoms with Gasteiger partial charge in [-0.25, -0.2) is 0 Å². The first-order valence-corrected chi connectivity index (χ1v) is 3.85. The molecule has 0 unspecified atom stereocenters. The lowest BCUT2D eigenvalue weighted by Crippen LogP contribution is -2.39. The Kier molecular flexibility index (Phi) is 5.40. The predicted molar refractivity (Wildman–Crippen MR) is 42.4 cm³/mol. The Morgan fingerprint density at radius 1 is 1.42 bits per heavy atom. The molecule has 0 aliphatic carbocycles. The lowest BCUT2D eigenvalue weighted by Gasteiger charge is -2.09. The Morgan fingerprint density at radius 3 is 2.33 bits per heavy atom. The van der Waals surface area contributed by atoms with Gasteiger partial charge in [0, 0.05) is 12.4 Å². The lowest BCUT2D eigenvalue weighted by molar-refractivity contribution is -0.145. The summed E-state index contributed by atoms with van der Waals surface area (Å²) < 4.78 is 0. The summed E-state index contributed by atoms with van der Waals surface area (Å²) in [6.07, 6.45) is -0.438. The van der Waals surface area contributed by atoms with Crippen molar-refractivity contribution in [3.63, 3.8) is 0 Å². The van der Waals surface area contributed by atoms with Gasteiger partial charge < -0.3 is 15.5 Å². The first-order chi connectivity index (χ1) is 5.57. The van der Waals surface area contributed by atoms with Gasteiger partial charge in [0.15, 0.2) is 0 Å². The van der Waals surface area contributed by atoms with Crippen LogP contribution >= 0.6 is 11.6 Å². The Balaban J connectivity index is 3.87. The van der Waals surface area contributed by atoms with Crippen LogP contribution in [0, 0.1) is 0 Å².